The highest BCUT2D eigenvalue weighted by Crippen LogP contribution is 2.41. The normalized spacial score (nSPS) is 11.6. The summed E-state index contributed by atoms with van der Waals surface area (Å²) >= 11 is 0. The number of benzene rings is 3. The van der Waals surface area contributed by atoms with E-state index in [1.807, 2.05) is 60.7 Å². The molecule has 4 aromatic rings. The van der Waals surface area contributed by atoms with E-state index in [2.05, 4.69) is 81.5 Å². The highest BCUT2D eigenvalue weighted by Gasteiger charge is 2.41. The molecule has 0 aliphatic heterocycles. The van der Waals surface area contributed by atoms with Crippen LogP contribution in [-0.4, -0.2) is 19.0 Å². The first-order valence-electron chi connectivity index (χ1n) is 13.1. The van der Waals surface area contributed by atoms with Crippen molar-refractivity contribution < 1.29 is 4.79 Å². The first kappa shape index (κ1) is 26.4. The minimum atomic E-state index is -1.96. The second-order valence-corrected chi connectivity index (χ2v) is 16.2. The maximum atomic E-state index is 13.8. The fraction of sp³-hybridized carbons (Fsp3) is 0.273. The zero-order valence-corrected chi connectivity index (χ0v) is 23.7. The van der Waals surface area contributed by atoms with Crippen LogP contribution in [0.15, 0.2) is 85.1 Å². The summed E-state index contributed by atoms with van der Waals surface area (Å²) in [6.07, 6.45) is 1.75. The Balaban J connectivity index is 1.83. The van der Waals surface area contributed by atoms with Crippen molar-refractivity contribution in [2.75, 3.05) is 5.32 Å². The second kappa shape index (κ2) is 11.1. The van der Waals surface area contributed by atoms with Gasteiger partial charge in [-0.15, -0.1) is 5.54 Å². The molecular formula is C33H36N2OSi. The van der Waals surface area contributed by atoms with E-state index >= 15 is 0 Å². The molecule has 4 heteroatoms. The monoisotopic (exact) mass is 504 g/mol. The summed E-state index contributed by atoms with van der Waals surface area (Å²) in [6.45, 7) is 13.8. The smallest absolute Gasteiger partial charge is 0.257 e. The molecule has 3 aromatic carbocycles. The van der Waals surface area contributed by atoms with Gasteiger partial charge in [0.15, 0.2) is 0 Å². The standard InChI is InChI=1S/C33H36N2OSi/c1-23(2)37(24(3)4,25(5)6)21-19-27-17-18-29(26-12-8-7-9-13-26)22-30(27)33(36)35-31-16-10-14-28-15-11-20-34-32(28)31/h7-18,20,22-25H,1-6H3,(H,35,36). The van der Waals surface area contributed by atoms with Crippen molar-refractivity contribution in [1.29, 1.82) is 0 Å². The molecule has 1 aromatic heterocycles. The predicted octanol–water partition coefficient (Wildman–Crippen LogP) is 8.72. The van der Waals surface area contributed by atoms with Crippen LogP contribution in [0.1, 0.15) is 57.5 Å². The molecule has 0 saturated carbocycles. The molecule has 3 nitrogen and oxygen atoms in total. The molecular weight excluding hydrogens is 468 g/mol. The van der Waals surface area contributed by atoms with Crippen LogP contribution >= 0.6 is 0 Å². The lowest BCUT2D eigenvalue weighted by molar-refractivity contribution is 0.102. The lowest BCUT2D eigenvalue weighted by atomic mass is 9.98. The maximum absolute atomic E-state index is 13.8. The zero-order chi connectivity index (χ0) is 26.6. The van der Waals surface area contributed by atoms with Crippen molar-refractivity contribution >= 4 is 30.6 Å². The van der Waals surface area contributed by atoms with Crippen LogP contribution in [0.2, 0.25) is 16.6 Å². The van der Waals surface area contributed by atoms with Crippen molar-refractivity contribution in [2.45, 2.75) is 58.2 Å². The van der Waals surface area contributed by atoms with Crippen LogP contribution in [0.3, 0.4) is 0 Å². The van der Waals surface area contributed by atoms with Gasteiger partial charge in [0, 0.05) is 17.1 Å². The minimum absolute atomic E-state index is 0.175. The molecule has 1 amide bonds. The van der Waals surface area contributed by atoms with Gasteiger partial charge in [0.1, 0.15) is 8.07 Å². The highest BCUT2D eigenvalue weighted by molar-refractivity contribution is 6.90. The summed E-state index contributed by atoms with van der Waals surface area (Å²) in [6, 6.07) is 25.9. The van der Waals surface area contributed by atoms with Gasteiger partial charge in [0.25, 0.3) is 5.91 Å². The Morgan fingerprint density at radius 2 is 1.46 bits per heavy atom. The number of fused-ring (bicyclic) bond motifs is 1. The van der Waals surface area contributed by atoms with E-state index < -0.39 is 8.07 Å². The van der Waals surface area contributed by atoms with Gasteiger partial charge in [-0.05, 0) is 52.0 Å². The summed E-state index contributed by atoms with van der Waals surface area (Å²) in [5.74, 6) is 3.34. The lowest BCUT2D eigenvalue weighted by Gasteiger charge is -2.38. The average Bonchev–Trinajstić information content (AvgIpc) is 2.89. The van der Waals surface area contributed by atoms with Crippen molar-refractivity contribution in [3.8, 4) is 22.6 Å². The van der Waals surface area contributed by atoms with E-state index in [0.29, 0.717) is 27.9 Å². The Morgan fingerprint density at radius 3 is 2.14 bits per heavy atom. The molecule has 0 bridgehead atoms. The predicted molar refractivity (Wildman–Crippen MR) is 160 cm³/mol. The van der Waals surface area contributed by atoms with E-state index in [9.17, 15) is 4.79 Å². The van der Waals surface area contributed by atoms with Crippen molar-refractivity contribution in [3.63, 3.8) is 0 Å². The summed E-state index contributed by atoms with van der Waals surface area (Å²) in [7, 11) is -1.96. The third kappa shape index (κ3) is 5.38. The number of hydrogen-bond donors (Lipinski definition) is 1. The average molecular weight is 505 g/mol. The molecule has 1 heterocycles. The molecule has 1 N–H and O–H groups in total. The van der Waals surface area contributed by atoms with Gasteiger partial charge in [-0.1, -0.05) is 102 Å². The second-order valence-electron chi connectivity index (χ2n) is 10.6. The molecule has 0 fully saturated rings. The van der Waals surface area contributed by atoms with Gasteiger partial charge in [-0.2, -0.15) is 0 Å². The van der Waals surface area contributed by atoms with Gasteiger partial charge in [0.05, 0.1) is 16.8 Å². The zero-order valence-electron chi connectivity index (χ0n) is 22.7. The van der Waals surface area contributed by atoms with E-state index in [0.717, 1.165) is 27.6 Å². The first-order chi connectivity index (χ1) is 17.7. The fourth-order valence-electron chi connectivity index (χ4n) is 5.65. The quantitative estimate of drug-likeness (QED) is 0.211. The summed E-state index contributed by atoms with van der Waals surface area (Å²) in [5, 5.41) is 4.11. The molecule has 37 heavy (non-hydrogen) atoms. The summed E-state index contributed by atoms with van der Waals surface area (Å²) < 4.78 is 0. The van der Waals surface area contributed by atoms with Crippen LogP contribution in [0.4, 0.5) is 5.69 Å². The van der Waals surface area contributed by atoms with Crippen LogP contribution < -0.4 is 5.32 Å². The topological polar surface area (TPSA) is 42.0 Å². The third-order valence-electron chi connectivity index (χ3n) is 7.53. The molecule has 0 radical (unpaired) electrons. The molecule has 0 unspecified atom stereocenters. The summed E-state index contributed by atoms with van der Waals surface area (Å²) in [4.78, 5) is 18.3. The van der Waals surface area contributed by atoms with Crippen LogP contribution in [0, 0.1) is 11.5 Å². The largest absolute Gasteiger partial charge is 0.320 e. The number of aromatic nitrogens is 1. The Labute approximate surface area is 222 Å². The number of pyridine rings is 1. The Morgan fingerprint density at radius 1 is 0.784 bits per heavy atom. The number of nitrogens with one attached hydrogen (secondary N) is 1. The Bertz CT molecular complexity index is 1440. The van der Waals surface area contributed by atoms with Crippen LogP contribution in [0.5, 0.6) is 0 Å². The first-order valence-corrected chi connectivity index (χ1v) is 15.3. The molecule has 0 aliphatic rings. The lowest BCUT2D eigenvalue weighted by Crippen LogP contribution is -2.43. The SMILES string of the molecule is CC(C)[Si](C#Cc1ccc(-c2ccccc2)cc1C(=O)Nc1cccc2cccnc12)(C(C)C)C(C)C. The number of rotatable bonds is 6. The van der Waals surface area contributed by atoms with Crippen molar-refractivity contribution in [3.05, 3.63) is 96.2 Å². The summed E-state index contributed by atoms with van der Waals surface area (Å²) in [5.41, 5.74) is 10.2. The van der Waals surface area contributed by atoms with E-state index in [1.165, 1.54) is 0 Å². The molecule has 4 rings (SSSR count). The van der Waals surface area contributed by atoms with Crippen LogP contribution in [0.25, 0.3) is 22.0 Å². The van der Waals surface area contributed by atoms with E-state index in [4.69, 9.17) is 0 Å². The van der Waals surface area contributed by atoms with Gasteiger partial charge in [-0.3, -0.25) is 9.78 Å². The van der Waals surface area contributed by atoms with Gasteiger partial charge >= 0.3 is 0 Å². The van der Waals surface area contributed by atoms with Gasteiger partial charge in [-0.25, -0.2) is 0 Å². The Kier molecular flexibility index (Phi) is 7.95. The number of carbonyl (C=O) groups excluding carboxylic acids is 1. The number of amides is 1. The Hall–Kier alpha value is -3.68. The number of hydrogen-bond acceptors (Lipinski definition) is 2. The van der Waals surface area contributed by atoms with Crippen LogP contribution in [-0.2, 0) is 0 Å². The molecule has 188 valence electrons. The van der Waals surface area contributed by atoms with E-state index in [-0.39, 0.29) is 5.91 Å². The van der Waals surface area contributed by atoms with Gasteiger partial charge < -0.3 is 5.32 Å². The molecule has 0 spiro atoms. The third-order valence-corrected chi connectivity index (χ3v) is 13.8. The van der Waals surface area contributed by atoms with Crippen molar-refractivity contribution in [1.82, 2.24) is 4.98 Å². The molecule has 0 aliphatic carbocycles. The van der Waals surface area contributed by atoms with Crippen molar-refractivity contribution in [2.24, 2.45) is 0 Å². The number of nitrogens with zero attached hydrogens (tertiary/aromatic N) is 1. The molecule has 0 saturated heterocycles. The molecule has 0 atom stereocenters. The number of carbonyl (C=O) groups is 1. The van der Waals surface area contributed by atoms with Gasteiger partial charge in [0.2, 0.25) is 0 Å². The maximum Gasteiger partial charge on any atom is 0.257 e. The highest BCUT2D eigenvalue weighted by atomic mass is 28.3. The number of anilines is 1. The van der Waals surface area contributed by atoms with E-state index in [1.54, 1.807) is 6.20 Å². The minimum Gasteiger partial charge on any atom is -0.320 e. The fourth-order valence-corrected chi connectivity index (χ4v) is 10.9. The number of para-hydroxylation sites is 1.